The molecule has 3 aromatic rings. The Kier molecular flexibility index (Phi) is 9.06. The van der Waals surface area contributed by atoms with E-state index in [9.17, 15) is 14.4 Å². The third-order valence-corrected chi connectivity index (χ3v) is 7.99. The van der Waals surface area contributed by atoms with Crippen molar-refractivity contribution in [1.82, 2.24) is 25.3 Å². The van der Waals surface area contributed by atoms with Gasteiger partial charge in [0.05, 0.1) is 23.9 Å². The van der Waals surface area contributed by atoms with Crippen molar-refractivity contribution in [2.24, 2.45) is 5.41 Å². The standard InChI is InChI=1S/C35H41N5O4/c1-35(2,23-38(3)4)22-36-32(41)28(19-24-13-8-6-9-14-24)40-21-29-30(33(40)42)31(37-34(43)39(29)5)25-15-12-18-27(20-25)44-26-16-10-7-11-17-26/h6-18,20,28,31H,19,21-23H2,1-5H3,(H,36,41)(H,37,43)/t28-,31-/m0/s1. The summed E-state index contributed by atoms with van der Waals surface area (Å²) >= 11 is 0. The average molecular weight is 596 g/mol. The van der Waals surface area contributed by atoms with Gasteiger partial charge in [-0.2, -0.15) is 0 Å². The van der Waals surface area contributed by atoms with E-state index < -0.39 is 12.1 Å². The second-order valence-corrected chi connectivity index (χ2v) is 12.5. The Hall–Kier alpha value is -4.63. The number of ether oxygens (including phenoxy) is 1. The number of carbonyl (C=O) groups is 3. The van der Waals surface area contributed by atoms with Crippen molar-refractivity contribution in [3.63, 3.8) is 0 Å². The van der Waals surface area contributed by atoms with E-state index in [2.05, 4.69) is 29.4 Å². The van der Waals surface area contributed by atoms with Gasteiger partial charge in [-0.15, -0.1) is 0 Å². The Morgan fingerprint density at radius 2 is 1.66 bits per heavy atom. The Morgan fingerprint density at radius 3 is 2.34 bits per heavy atom. The van der Waals surface area contributed by atoms with Crippen LogP contribution < -0.4 is 15.4 Å². The lowest BCUT2D eigenvalue weighted by atomic mass is 9.92. The molecule has 0 radical (unpaired) electrons. The summed E-state index contributed by atoms with van der Waals surface area (Å²) in [7, 11) is 5.67. The molecule has 2 heterocycles. The predicted octanol–water partition coefficient (Wildman–Crippen LogP) is 4.59. The first-order valence-corrected chi connectivity index (χ1v) is 14.9. The maximum Gasteiger partial charge on any atom is 0.322 e. The van der Waals surface area contributed by atoms with Gasteiger partial charge in [0.2, 0.25) is 5.91 Å². The first-order chi connectivity index (χ1) is 21.0. The third kappa shape index (κ3) is 6.94. The van der Waals surface area contributed by atoms with Gasteiger partial charge in [-0.25, -0.2) is 4.79 Å². The zero-order chi connectivity index (χ0) is 31.4. The molecule has 0 spiro atoms. The van der Waals surface area contributed by atoms with Crippen LogP contribution in [0.1, 0.15) is 31.0 Å². The molecule has 9 heteroatoms. The molecule has 0 unspecified atom stereocenters. The van der Waals surface area contributed by atoms with Crippen molar-refractivity contribution in [2.45, 2.75) is 32.4 Å². The second kappa shape index (κ2) is 12.9. The largest absolute Gasteiger partial charge is 0.457 e. The van der Waals surface area contributed by atoms with Gasteiger partial charge in [0.25, 0.3) is 5.91 Å². The normalized spacial score (nSPS) is 17.5. The van der Waals surface area contributed by atoms with Crippen molar-refractivity contribution < 1.29 is 19.1 Å². The molecule has 230 valence electrons. The number of para-hydroxylation sites is 1. The maximum absolute atomic E-state index is 14.3. The highest BCUT2D eigenvalue weighted by atomic mass is 16.5. The molecular weight excluding hydrogens is 554 g/mol. The van der Waals surface area contributed by atoms with Crippen LogP contribution in [-0.4, -0.2) is 79.4 Å². The van der Waals surface area contributed by atoms with E-state index in [0.29, 0.717) is 35.7 Å². The molecule has 0 bridgehead atoms. The van der Waals surface area contributed by atoms with E-state index in [-0.39, 0.29) is 29.8 Å². The van der Waals surface area contributed by atoms with Gasteiger partial charge >= 0.3 is 6.03 Å². The lowest BCUT2D eigenvalue weighted by molar-refractivity contribution is -0.136. The number of urea groups is 1. The van der Waals surface area contributed by atoms with Gasteiger partial charge in [0.15, 0.2) is 0 Å². The third-order valence-electron chi connectivity index (χ3n) is 7.99. The van der Waals surface area contributed by atoms with Gasteiger partial charge in [-0.3, -0.25) is 14.5 Å². The summed E-state index contributed by atoms with van der Waals surface area (Å²) in [5.41, 5.74) is 2.55. The van der Waals surface area contributed by atoms with E-state index in [1.54, 1.807) is 11.9 Å². The summed E-state index contributed by atoms with van der Waals surface area (Å²) in [6.45, 7) is 5.62. The van der Waals surface area contributed by atoms with E-state index in [4.69, 9.17) is 4.74 Å². The fourth-order valence-corrected chi connectivity index (χ4v) is 6.01. The number of nitrogens with zero attached hydrogens (tertiary/aromatic N) is 3. The van der Waals surface area contributed by atoms with Crippen LogP contribution in [0.15, 0.2) is 96.2 Å². The highest BCUT2D eigenvalue weighted by Crippen LogP contribution is 2.38. The molecule has 44 heavy (non-hydrogen) atoms. The molecule has 2 aliphatic rings. The minimum absolute atomic E-state index is 0.154. The van der Waals surface area contributed by atoms with Crippen molar-refractivity contribution in [3.8, 4) is 11.5 Å². The maximum atomic E-state index is 14.3. The molecule has 0 saturated carbocycles. The molecular formula is C35H41N5O4. The number of carbonyl (C=O) groups excluding carboxylic acids is 3. The quantitative estimate of drug-likeness (QED) is 0.338. The van der Waals surface area contributed by atoms with Crippen LogP contribution in [0.25, 0.3) is 0 Å². The zero-order valence-electron chi connectivity index (χ0n) is 26.0. The van der Waals surface area contributed by atoms with E-state index >= 15 is 0 Å². The average Bonchev–Trinajstić information content (AvgIpc) is 3.34. The zero-order valence-corrected chi connectivity index (χ0v) is 26.0. The monoisotopic (exact) mass is 595 g/mol. The summed E-state index contributed by atoms with van der Waals surface area (Å²) in [5, 5.41) is 6.13. The number of rotatable bonds is 11. The summed E-state index contributed by atoms with van der Waals surface area (Å²) in [4.78, 5) is 46.5. The highest BCUT2D eigenvalue weighted by molar-refractivity contribution is 6.03. The molecule has 2 atom stereocenters. The van der Waals surface area contributed by atoms with Gasteiger partial charge in [0, 0.05) is 26.6 Å². The van der Waals surface area contributed by atoms with Crippen molar-refractivity contribution in [1.29, 1.82) is 0 Å². The Balaban J connectivity index is 1.43. The predicted molar refractivity (Wildman–Crippen MR) is 170 cm³/mol. The molecule has 2 N–H and O–H groups in total. The van der Waals surface area contributed by atoms with Gasteiger partial charge < -0.3 is 25.2 Å². The Bertz CT molecular complexity index is 1540. The van der Waals surface area contributed by atoms with Crippen molar-refractivity contribution >= 4 is 17.8 Å². The molecule has 0 aliphatic carbocycles. The summed E-state index contributed by atoms with van der Waals surface area (Å²) < 4.78 is 6.04. The second-order valence-electron chi connectivity index (χ2n) is 12.5. The Morgan fingerprint density at radius 1 is 1.00 bits per heavy atom. The lowest BCUT2D eigenvalue weighted by Crippen LogP contribution is -2.52. The van der Waals surface area contributed by atoms with Gasteiger partial charge in [-0.1, -0.05) is 74.5 Å². The summed E-state index contributed by atoms with van der Waals surface area (Å²) in [5.74, 6) is 0.789. The molecule has 9 nitrogen and oxygen atoms in total. The number of likely N-dealkylation sites (N-methyl/N-ethyl adjacent to an activating group) is 1. The molecule has 0 fully saturated rings. The Labute approximate surface area is 259 Å². The van der Waals surface area contributed by atoms with Crippen LogP contribution in [-0.2, 0) is 16.0 Å². The SMILES string of the molecule is CN(C)CC(C)(C)CNC(=O)[C@H](Cc1ccccc1)N1CC2=C(C1=O)[C@H](c1cccc(Oc3ccccc3)c1)NC(=O)N2C. The molecule has 2 aliphatic heterocycles. The van der Waals surface area contributed by atoms with Gasteiger partial charge in [0.1, 0.15) is 17.5 Å². The van der Waals surface area contributed by atoms with Crippen LogP contribution in [0.3, 0.4) is 0 Å². The number of amides is 4. The van der Waals surface area contributed by atoms with Crippen LogP contribution in [0.5, 0.6) is 11.5 Å². The summed E-state index contributed by atoms with van der Waals surface area (Å²) in [6.07, 6.45) is 0.350. The van der Waals surface area contributed by atoms with Crippen LogP contribution in [0.4, 0.5) is 4.79 Å². The number of benzene rings is 3. The summed E-state index contributed by atoms with van der Waals surface area (Å²) in [6, 6.07) is 24.8. The minimum Gasteiger partial charge on any atom is -0.457 e. The first-order valence-electron chi connectivity index (χ1n) is 14.9. The van der Waals surface area contributed by atoms with Crippen LogP contribution in [0, 0.1) is 5.41 Å². The molecule has 0 saturated heterocycles. The smallest absolute Gasteiger partial charge is 0.322 e. The highest BCUT2D eigenvalue weighted by Gasteiger charge is 2.46. The molecule has 3 aromatic carbocycles. The van der Waals surface area contributed by atoms with Crippen LogP contribution in [0.2, 0.25) is 0 Å². The number of nitrogens with one attached hydrogen (secondary N) is 2. The van der Waals surface area contributed by atoms with Crippen molar-refractivity contribution in [2.75, 3.05) is 40.8 Å². The minimum atomic E-state index is -0.762. The number of hydrogen-bond donors (Lipinski definition) is 2. The lowest BCUT2D eigenvalue weighted by Gasteiger charge is -2.32. The van der Waals surface area contributed by atoms with Crippen LogP contribution >= 0.6 is 0 Å². The fourth-order valence-electron chi connectivity index (χ4n) is 6.01. The number of hydrogen-bond acceptors (Lipinski definition) is 5. The van der Waals surface area contributed by atoms with Crippen molar-refractivity contribution in [3.05, 3.63) is 107 Å². The molecule has 4 amide bonds. The van der Waals surface area contributed by atoms with Gasteiger partial charge in [-0.05, 0) is 54.9 Å². The van der Waals surface area contributed by atoms with E-state index in [0.717, 1.165) is 17.7 Å². The topological polar surface area (TPSA) is 94.2 Å². The first kappa shape index (κ1) is 30.8. The fraction of sp³-hybridized carbons (Fsp3) is 0.343. The molecule has 5 rings (SSSR count). The molecule has 0 aromatic heterocycles. The van der Waals surface area contributed by atoms with E-state index in [1.165, 1.54) is 4.90 Å². The van der Waals surface area contributed by atoms with E-state index in [1.807, 2.05) is 99.0 Å².